The highest BCUT2D eigenvalue weighted by atomic mass is 32.2. The first-order valence-electron chi connectivity index (χ1n) is 6.35. The van der Waals surface area contributed by atoms with E-state index in [1.54, 1.807) is 11.8 Å². The number of aryl methyl sites for hydroxylation is 2. The molecule has 4 nitrogen and oxygen atoms in total. The zero-order chi connectivity index (χ0) is 14.0. The molecule has 0 aliphatic carbocycles. The molecule has 1 saturated heterocycles. The molecule has 2 rings (SSSR count). The van der Waals surface area contributed by atoms with Crippen LogP contribution in [0, 0.1) is 19.8 Å². The van der Waals surface area contributed by atoms with E-state index in [9.17, 15) is 9.59 Å². The first-order chi connectivity index (χ1) is 8.97. The summed E-state index contributed by atoms with van der Waals surface area (Å²) in [5, 5.41) is 0.110. The van der Waals surface area contributed by atoms with Crippen LogP contribution < -0.4 is 4.90 Å². The number of nitrogens with zero attached hydrogens (tertiary/aromatic N) is 2. The van der Waals surface area contributed by atoms with E-state index in [-0.39, 0.29) is 16.9 Å². The number of hydrogen-bond donors (Lipinski definition) is 0. The zero-order valence-corrected chi connectivity index (χ0v) is 12.3. The summed E-state index contributed by atoms with van der Waals surface area (Å²) in [5.74, 6) is 1.10. The van der Waals surface area contributed by atoms with Crippen LogP contribution in [-0.4, -0.2) is 28.3 Å². The van der Waals surface area contributed by atoms with Crippen molar-refractivity contribution in [3.8, 4) is 0 Å². The molecule has 1 aliphatic rings. The molecule has 1 aromatic rings. The van der Waals surface area contributed by atoms with Gasteiger partial charge >= 0.3 is 0 Å². The molecule has 2 heterocycles. The monoisotopic (exact) mass is 278 g/mol. The number of aromatic nitrogens is 1. The Morgan fingerprint density at radius 1 is 1.47 bits per heavy atom. The number of hydrogen-bond acceptors (Lipinski definition) is 4. The Bertz CT molecular complexity index is 516. The zero-order valence-electron chi connectivity index (χ0n) is 11.5. The molecule has 1 amide bonds. The Balaban J connectivity index is 2.09. The van der Waals surface area contributed by atoms with Crippen molar-refractivity contribution in [3.63, 3.8) is 0 Å². The Morgan fingerprint density at radius 2 is 2.21 bits per heavy atom. The minimum Gasteiger partial charge on any atom is -0.310 e. The summed E-state index contributed by atoms with van der Waals surface area (Å²) in [6, 6.07) is 3.88. The van der Waals surface area contributed by atoms with Crippen molar-refractivity contribution >= 4 is 28.5 Å². The Hall–Kier alpha value is -1.36. The lowest BCUT2D eigenvalue weighted by atomic mass is 10.1. The molecule has 0 radical (unpaired) electrons. The van der Waals surface area contributed by atoms with Crippen LogP contribution in [0.4, 0.5) is 5.69 Å². The van der Waals surface area contributed by atoms with Crippen molar-refractivity contribution in [2.75, 3.05) is 17.2 Å². The fourth-order valence-corrected chi connectivity index (χ4v) is 3.02. The summed E-state index contributed by atoms with van der Waals surface area (Å²) >= 11 is 1.30. The van der Waals surface area contributed by atoms with E-state index in [1.165, 1.54) is 11.8 Å². The minimum absolute atomic E-state index is 0.110. The van der Waals surface area contributed by atoms with Gasteiger partial charge in [-0.1, -0.05) is 11.8 Å². The molecule has 0 aromatic carbocycles. The molecule has 0 N–H and O–H groups in total. The van der Waals surface area contributed by atoms with Crippen LogP contribution in [-0.2, 0) is 9.59 Å². The topological polar surface area (TPSA) is 50.3 Å². The van der Waals surface area contributed by atoms with E-state index < -0.39 is 0 Å². The van der Waals surface area contributed by atoms with Crippen molar-refractivity contribution in [3.05, 3.63) is 23.5 Å². The van der Waals surface area contributed by atoms with Crippen molar-refractivity contribution in [2.45, 2.75) is 27.2 Å². The maximum Gasteiger partial charge on any atom is 0.227 e. The Morgan fingerprint density at radius 3 is 2.84 bits per heavy atom. The molecule has 1 atom stereocenters. The number of pyridine rings is 1. The molecule has 0 spiro atoms. The van der Waals surface area contributed by atoms with Gasteiger partial charge in [-0.2, -0.15) is 0 Å². The van der Waals surface area contributed by atoms with Gasteiger partial charge < -0.3 is 4.90 Å². The molecule has 1 aromatic heterocycles. The lowest BCUT2D eigenvalue weighted by molar-refractivity contribution is -0.117. The van der Waals surface area contributed by atoms with E-state index in [0.29, 0.717) is 13.0 Å². The quantitative estimate of drug-likeness (QED) is 0.851. The van der Waals surface area contributed by atoms with Gasteiger partial charge in [0.1, 0.15) is 0 Å². The fraction of sp³-hybridized carbons (Fsp3) is 0.500. The number of carbonyl (C=O) groups is 2. The van der Waals surface area contributed by atoms with Crippen LogP contribution in [0.5, 0.6) is 0 Å². The largest absolute Gasteiger partial charge is 0.310 e. The predicted octanol–water partition coefficient (Wildman–Crippen LogP) is 2.33. The second-order valence-electron chi connectivity index (χ2n) is 4.93. The lowest BCUT2D eigenvalue weighted by Gasteiger charge is -2.18. The standard InChI is InChI=1S/C14H18N2O2S/c1-9-4-5-13(10(2)15-9)16-7-12(6-14(16)18)8-19-11(3)17/h4-5,12H,6-8H2,1-3H3. The summed E-state index contributed by atoms with van der Waals surface area (Å²) in [5.41, 5.74) is 2.73. The smallest absolute Gasteiger partial charge is 0.227 e. The summed E-state index contributed by atoms with van der Waals surface area (Å²) in [6.45, 7) is 6.11. The highest BCUT2D eigenvalue weighted by Gasteiger charge is 2.31. The van der Waals surface area contributed by atoms with Crippen LogP contribution in [0.1, 0.15) is 24.7 Å². The van der Waals surface area contributed by atoms with Crippen molar-refractivity contribution in [1.29, 1.82) is 0 Å². The molecule has 1 fully saturated rings. The molecular weight excluding hydrogens is 260 g/mol. The van der Waals surface area contributed by atoms with Gasteiger partial charge in [-0.15, -0.1) is 0 Å². The third kappa shape index (κ3) is 3.35. The van der Waals surface area contributed by atoms with Crippen LogP contribution in [0.25, 0.3) is 0 Å². The van der Waals surface area contributed by atoms with E-state index in [1.807, 2.05) is 26.0 Å². The molecule has 1 unspecified atom stereocenters. The average Bonchev–Trinajstić information content (AvgIpc) is 2.68. The maximum absolute atomic E-state index is 12.1. The molecule has 0 bridgehead atoms. The predicted molar refractivity (Wildman–Crippen MR) is 77.3 cm³/mol. The average molecular weight is 278 g/mol. The van der Waals surface area contributed by atoms with Gasteiger partial charge in [-0.25, -0.2) is 0 Å². The highest BCUT2D eigenvalue weighted by Crippen LogP contribution is 2.29. The van der Waals surface area contributed by atoms with Crippen LogP contribution >= 0.6 is 11.8 Å². The molecule has 102 valence electrons. The van der Waals surface area contributed by atoms with E-state index in [2.05, 4.69) is 4.98 Å². The molecular formula is C14H18N2O2S. The van der Waals surface area contributed by atoms with Gasteiger partial charge in [0.2, 0.25) is 5.91 Å². The van der Waals surface area contributed by atoms with E-state index in [0.717, 1.165) is 22.8 Å². The van der Waals surface area contributed by atoms with Crippen molar-refractivity contribution in [2.24, 2.45) is 5.92 Å². The normalized spacial score (nSPS) is 19.0. The van der Waals surface area contributed by atoms with Gasteiger partial charge in [-0.05, 0) is 31.9 Å². The Kier molecular flexibility index (Phi) is 4.24. The van der Waals surface area contributed by atoms with Gasteiger partial charge in [-0.3, -0.25) is 14.6 Å². The maximum atomic E-state index is 12.1. The molecule has 1 aliphatic heterocycles. The van der Waals surface area contributed by atoms with Gasteiger partial charge in [0, 0.05) is 31.3 Å². The SMILES string of the molecule is CC(=O)SCC1CC(=O)N(c2ccc(C)nc2C)C1. The highest BCUT2D eigenvalue weighted by molar-refractivity contribution is 8.13. The molecule has 19 heavy (non-hydrogen) atoms. The number of rotatable bonds is 3. The third-order valence-electron chi connectivity index (χ3n) is 3.22. The Labute approximate surface area is 117 Å². The second-order valence-corrected chi connectivity index (χ2v) is 6.13. The molecule has 0 saturated carbocycles. The van der Waals surface area contributed by atoms with Gasteiger partial charge in [0.05, 0.1) is 11.4 Å². The summed E-state index contributed by atoms with van der Waals surface area (Å²) in [6.07, 6.45) is 0.521. The number of amides is 1. The summed E-state index contributed by atoms with van der Waals surface area (Å²) in [7, 11) is 0. The number of carbonyl (C=O) groups excluding carboxylic acids is 2. The summed E-state index contributed by atoms with van der Waals surface area (Å²) < 4.78 is 0. The molecule has 5 heteroatoms. The van der Waals surface area contributed by atoms with Gasteiger partial charge in [0.15, 0.2) is 5.12 Å². The van der Waals surface area contributed by atoms with Crippen LogP contribution in [0.15, 0.2) is 12.1 Å². The van der Waals surface area contributed by atoms with Crippen LogP contribution in [0.3, 0.4) is 0 Å². The minimum atomic E-state index is 0.110. The van der Waals surface area contributed by atoms with Crippen LogP contribution in [0.2, 0.25) is 0 Å². The van der Waals surface area contributed by atoms with Crippen molar-refractivity contribution in [1.82, 2.24) is 4.98 Å². The third-order valence-corrected chi connectivity index (χ3v) is 4.26. The number of thioether (sulfide) groups is 1. The fourth-order valence-electron chi connectivity index (χ4n) is 2.33. The van der Waals surface area contributed by atoms with Gasteiger partial charge in [0.25, 0.3) is 0 Å². The first kappa shape index (κ1) is 14.1. The van der Waals surface area contributed by atoms with E-state index >= 15 is 0 Å². The first-order valence-corrected chi connectivity index (χ1v) is 7.34. The lowest BCUT2D eigenvalue weighted by Crippen LogP contribution is -2.26. The van der Waals surface area contributed by atoms with Crippen molar-refractivity contribution < 1.29 is 9.59 Å². The number of anilines is 1. The van der Waals surface area contributed by atoms with E-state index in [4.69, 9.17) is 0 Å². The second kappa shape index (κ2) is 5.74. The summed E-state index contributed by atoms with van der Waals surface area (Å²) in [4.78, 5) is 29.2.